The third-order valence-corrected chi connectivity index (χ3v) is 4.50. The minimum atomic E-state index is 0.0574. The lowest BCUT2D eigenvalue weighted by Gasteiger charge is -2.07. The standard InChI is InChI=1S/C15H17BrN2O2S/c1-11-4-3-5-12(8-11)21-10-14(19)15-13(16)9-17-18(15)6-7-20-2/h3-5,8-9H,6-7,10H2,1-2H3. The third kappa shape index (κ3) is 4.43. The lowest BCUT2D eigenvalue weighted by Crippen LogP contribution is -2.15. The summed E-state index contributed by atoms with van der Waals surface area (Å²) in [5.41, 5.74) is 1.80. The Hall–Kier alpha value is -1.11. The molecule has 0 amide bonds. The van der Waals surface area contributed by atoms with E-state index in [2.05, 4.69) is 27.1 Å². The van der Waals surface area contributed by atoms with E-state index in [9.17, 15) is 4.79 Å². The van der Waals surface area contributed by atoms with Crippen LogP contribution in [-0.4, -0.2) is 35.0 Å². The number of ether oxygens (including phenoxy) is 1. The first-order valence-corrected chi connectivity index (χ1v) is 8.32. The summed E-state index contributed by atoms with van der Waals surface area (Å²) in [4.78, 5) is 13.5. The quantitative estimate of drug-likeness (QED) is 0.553. The molecule has 21 heavy (non-hydrogen) atoms. The maximum absolute atomic E-state index is 12.4. The smallest absolute Gasteiger partial charge is 0.192 e. The van der Waals surface area contributed by atoms with Crippen LogP contribution >= 0.6 is 27.7 Å². The molecule has 0 aliphatic carbocycles. The number of ketones is 1. The number of benzene rings is 1. The molecule has 2 aromatic rings. The van der Waals surface area contributed by atoms with E-state index >= 15 is 0 Å². The van der Waals surface area contributed by atoms with Crippen molar-refractivity contribution in [1.29, 1.82) is 0 Å². The zero-order valence-electron chi connectivity index (χ0n) is 12.0. The molecular weight excluding hydrogens is 352 g/mol. The number of nitrogens with zero attached hydrogens (tertiary/aromatic N) is 2. The van der Waals surface area contributed by atoms with Gasteiger partial charge in [-0.05, 0) is 35.0 Å². The van der Waals surface area contributed by atoms with Gasteiger partial charge in [0, 0.05) is 12.0 Å². The fourth-order valence-electron chi connectivity index (χ4n) is 1.91. The normalized spacial score (nSPS) is 10.8. The molecule has 4 nitrogen and oxygen atoms in total. The number of carbonyl (C=O) groups excluding carboxylic acids is 1. The molecule has 0 fully saturated rings. The molecule has 0 saturated heterocycles. The van der Waals surface area contributed by atoms with Gasteiger partial charge >= 0.3 is 0 Å². The van der Waals surface area contributed by atoms with Gasteiger partial charge in [0.25, 0.3) is 0 Å². The predicted octanol–water partition coefficient (Wildman–Crippen LogP) is 3.58. The zero-order chi connectivity index (χ0) is 15.2. The Bertz CT molecular complexity index is 628. The molecule has 0 unspecified atom stereocenters. The van der Waals surface area contributed by atoms with E-state index in [0.717, 1.165) is 9.37 Å². The fourth-order valence-corrected chi connectivity index (χ4v) is 3.31. The number of halogens is 1. The van der Waals surface area contributed by atoms with Gasteiger partial charge < -0.3 is 4.74 Å². The average molecular weight is 369 g/mol. The van der Waals surface area contributed by atoms with Crippen molar-refractivity contribution in [2.75, 3.05) is 19.5 Å². The van der Waals surface area contributed by atoms with Gasteiger partial charge in [-0.1, -0.05) is 17.7 Å². The Labute approximate surface area is 137 Å². The number of Topliss-reactive ketones (excluding diaryl/α,β-unsaturated/α-hetero) is 1. The Kier molecular flexibility index (Phi) is 6.02. The molecule has 6 heteroatoms. The molecular formula is C15H17BrN2O2S. The average Bonchev–Trinajstić information content (AvgIpc) is 2.83. The summed E-state index contributed by atoms with van der Waals surface area (Å²) in [7, 11) is 1.63. The van der Waals surface area contributed by atoms with E-state index in [0.29, 0.717) is 24.6 Å². The lowest BCUT2D eigenvalue weighted by atomic mass is 10.2. The largest absolute Gasteiger partial charge is 0.383 e. The lowest BCUT2D eigenvalue weighted by molar-refractivity contribution is 0.100. The van der Waals surface area contributed by atoms with Crippen LogP contribution in [0.15, 0.2) is 39.8 Å². The summed E-state index contributed by atoms with van der Waals surface area (Å²) in [5, 5.41) is 4.20. The molecule has 0 saturated carbocycles. The van der Waals surface area contributed by atoms with Crippen LogP contribution in [0, 0.1) is 6.92 Å². The van der Waals surface area contributed by atoms with Crippen LogP contribution in [0.2, 0.25) is 0 Å². The summed E-state index contributed by atoms with van der Waals surface area (Å²) in [6.07, 6.45) is 1.65. The topological polar surface area (TPSA) is 44.1 Å². The molecule has 0 N–H and O–H groups in total. The van der Waals surface area contributed by atoms with Crippen LogP contribution in [0.25, 0.3) is 0 Å². The first kappa shape index (κ1) is 16.3. The van der Waals surface area contributed by atoms with Crippen molar-refractivity contribution in [3.8, 4) is 0 Å². The number of rotatable bonds is 7. The molecule has 0 aliphatic heterocycles. The molecule has 0 spiro atoms. The van der Waals surface area contributed by atoms with Gasteiger partial charge in [0.15, 0.2) is 5.78 Å². The van der Waals surface area contributed by atoms with Crippen molar-refractivity contribution >= 4 is 33.5 Å². The van der Waals surface area contributed by atoms with Crippen LogP contribution < -0.4 is 0 Å². The Balaban J connectivity index is 2.04. The van der Waals surface area contributed by atoms with Gasteiger partial charge in [0.2, 0.25) is 0 Å². The van der Waals surface area contributed by atoms with Gasteiger partial charge in [-0.15, -0.1) is 11.8 Å². The molecule has 1 heterocycles. The molecule has 0 radical (unpaired) electrons. The highest BCUT2D eigenvalue weighted by Gasteiger charge is 2.17. The molecule has 0 atom stereocenters. The highest BCUT2D eigenvalue weighted by Crippen LogP contribution is 2.23. The molecule has 112 valence electrons. The highest BCUT2D eigenvalue weighted by molar-refractivity contribution is 9.10. The van der Waals surface area contributed by atoms with Gasteiger partial charge in [0.1, 0.15) is 5.69 Å². The number of methoxy groups -OCH3 is 1. The molecule has 2 rings (SSSR count). The second-order valence-corrected chi connectivity index (χ2v) is 6.49. The number of aryl methyl sites for hydroxylation is 1. The number of thioether (sulfide) groups is 1. The van der Waals surface area contributed by atoms with Crippen LogP contribution in [0.5, 0.6) is 0 Å². The molecule has 1 aromatic heterocycles. The van der Waals surface area contributed by atoms with Gasteiger partial charge in [-0.25, -0.2) is 0 Å². The molecule has 1 aromatic carbocycles. The summed E-state index contributed by atoms with van der Waals surface area (Å²) in [6.45, 7) is 3.14. The second-order valence-electron chi connectivity index (χ2n) is 4.59. The number of hydrogen-bond donors (Lipinski definition) is 0. The maximum Gasteiger partial charge on any atom is 0.192 e. The Morgan fingerprint density at radius 3 is 3.00 bits per heavy atom. The summed E-state index contributed by atoms with van der Waals surface area (Å²) in [5.74, 6) is 0.447. The van der Waals surface area contributed by atoms with Crippen LogP contribution in [0.4, 0.5) is 0 Å². The first-order valence-electron chi connectivity index (χ1n) is 6.54. The summed E-state index contributed by atoms with van der Waals surface area (Å²) < 4.78 is 7.46. The first-order chi connectivity index (χ1) is 10.1. The molecule has 0 bridgehead atoms. The van der Waals surface area contributed by atoms with Gasteiger partial charge in [-0.2, -0.15) is 5.10 Å². The van der Waals surface area contributed by atoms with Crippen LogP contribution in [0.1, 0.15) is 16.1 Å². The predicted molar refractivity (Wildman–Crippen MR) is 88.0 cm³/mol. The van der Waals surface area contributed by atoms with E-state index in [1.54, 1.807) is 18.0 Å². The Morgan fingerprint density at radius 2 is 2.29 bits per heavy atom. The van der Waals surface area contributed by atoms with Crippen molar-refractivity contribution in [3.05, 3.63) is 46.2 Å². The minimum absolute atomic E-state index is 0.0574. The van der Waals surface area contributed by atoms with Crippen molar-refractivity contribution in [2.24, 2.45) is 0 Å². The Morgan fingerprint density at radius 1 is 1.48 bits per heavy atom. The van der Waals surface area contributed by atoms with Crippen LogP contribution in [-0.2, 0) is 11.3 Å². The fraction of sp³-hybridized carbons (Fsp3) is 0.333. The zero-order valence-corrected chi connectivity index (χ0v) is 14.4. The van der Waals surface area contributed by atoms with E-state index in [1.807, 2.05) is 25.1 Å². The van der Waals surface area contributed by atoms with Crippen molar-refractivity contribution in [3.63, 3.8) is 0 Å². The summed E-state index contributed by atoms with van der Waals surface area (Å²) in [6, 6.07) is 8.14. The highest BCUT2D eigenvalue weighted by atomic mass is 79.9. The third-order valence-electron chi connectivity index (χ3n) is 2.93. The second kappa shape index (κ2) is 7.77. The molecule has 0 aliphatic rings. The van der Waals surface area contributed by atoms with Crippen molar-refractivity contribution < 1.29 is 9.53 Å². The van der Waals surface area contributed by atoms with Crippen LogP contribution in [0.3, 0.4) is 0 Å². The van der Waals surface area contributed by atoms with Gasteiger partial charge in [0.05, 0.1) is 29.6 Å². The van der Waals surface area contributed by atoms with Gasteiger partial charge in [-0.3, -0.25) is 9.48 Å². The summed E-state index contributed by atoms with van der Waals surface area (Å²) >= 11 is 4.93. The number of hydrogen-bond acceptors (Lipinski definition) is 4. The van der Waals surface area contributed by atoms with Crippen molar-refractivity contribution in [2.45, 2.75) is 18.4 Å². The van der Waals surface area contributed by atoms with E-state index in [-0.39, 0.29) is 5.78 Å². The SMILES string of the molecule is COCCn1ncc(Br)c1C(=O)CSc1cccc(C)c1. The number of aromatic nitrogens is 2. The maximum atomic E-state index is 12.4. The van der Waals surface area contributed by atoms with E-state index in [1.165, 1.54) is 17.3 Å². The van der Waals surface area contributed by atoms with E-state index < -0.39 is 0 Å². The van der Waals surface area contributed by atoms with E-state index in [4.69, 9.17) is 4.74 Å². The monoisotopic (exact) mass is 368 g/mol. The van der Waals surface area contributed by atoms with Crippen molar-refractivity contribution in [1.82, 2.24) is 9.78 Å². The number of carbonyl (C=O) groups is 1. The minimum Gasteiger partial charge on any atom is -0.383 e.